The molecule has 0 amide bonds. The second-order valence-corrected chi connectivity index (χ2v) is 3.66. The van der Waals surface area contributed by atoms with E-state index in [0.717, 1.165) is 0 Å². The lowest BCUT2D eigenvalue weighted by Gasteiger charge is -2.11. The molecule has 18 heavy (non-hydrogen) atoms. The summed E-state index contributed by atoms with van der Waals surface area (Å²) in [6.07, 6.45) is 0. The Labute approximate surface area is 106 Å². The van der Waals surface area contributed by atoms with Gasteiger partial charge in [-0.1, -0.05) is 12.1 Å². The lowest BCUT2D eigenvalue weighted by molar-refractivity contribution is 0.376. The van der Waals surface area contributed by atoms with Crippen LogP contribution in [0, 0.1) is 0 Å². The van der Waals surface area contributed by atoms with Crippen molar-refractivity contribution in [2.75, 3.05) is 20.0 Å². The van der Waals surface area contributed by atoms with Gasteiger partial charge < -0.3 is 19.9 Å². The number of hydrogen-bond acceptors (Lipinski definition) is 4. The Morgan fingerprint density at radius 1 is 0.833 bits per heavy atom. The van der Waals surface area contributed by atoms with Crippen LogP contribution in [0.25, 0.3) is 0 Å². The monoisotopic (exact) mass is 245 g/mol. The van der Waals surface area contributed by atoms with Gasteiger partial charge in [0.15, 0.2) is 11.5 Å². The van der Waals surface area contributed by atoms with E-state index in [1.165, 1.54) is 0 Å². The highest BCUT2D eigenvalue weighted by molar-refractivity contribution is 5.56. The van der Waals surface area contributed by atoms with Crippen LogP contribution < -0.4 is 19.9 Å². The molecular weight excluding hydrogens is 230 g/mol. The van der Waals surface area contributed by atoms with E-state index in [4.69, 9.17) is 19.9 Å². The van der Waals surface area contributed by atoms with Crippen molar-refractivity contribution in [2.24, 2.45) is 0 Å². The van der Waals surface area contributed by atoms with Crippen LogP contribution in [0.4, 0.5) is 5.69 Å². The Balaban J connectivity index is 2.28. The molecule has 2 aromatic carbocycles. The number of rotatable bonds is 4. The van der Waals surface area contributed by atoms with Crippen molar-refractivity contribution < 1.29 is 14.2 Å². The summed E-state index contributed by atoms with van der Waals surface area (Å²) in [6.45, 7) is 0. The van der Waals surface area contributed by atoms with Crippen LogP contribution in [-0.2, 0) is 0 Å². The fourth-order valence-electron chi connectivity index (χ4n) is 1.59. The average Bonchev–Trinajstić information content (AvgIpc) is 2.41. The van der Waals surface area contributed by atoms with Gasteiger partial charge in [0.1, 0.15) is 11.5 Å². The molecule has 94 valence electrons. The Morgan fingerprint density at radius 2 is 1.50 bits per heavy atom. The summed E-state index contributed by atoms with van der Waals surface area (Å²) in [6, 6.07) is 12.7. The van der Waals surface area contributed by atoms with Gasteiger partial charge in [-0.05, 0) is 24.3 Å². The topological polar surface area (TPSA) is 53.7 Å². The standard InChI is InChI=1S/C14H15NO3/c1-16-12-5-3-4-6-13(12)18-10-7-8-11(15)14(9-10)17-2/h3-9H,15H2,1-2H3. The molecule has 2 N–H and O–H groups in total. The first-order valence-electron chi connectivity index (χ1n) is 5.49. The molecule has 0 saturated carbocycles. The molecule has 0 unspecified atom stereocenters. The van der Waals surface area contributed by atoms with E-state index in [1.807, 2.05) is 24.3 Å². The van der Waals surface area contributed by atoms with Gasteiger partial charge in [0, 0.05) is 6.07 Å². The number of para-hydroxylation sites is 2. The molecule has 2 aromatic rings. The van der Waals surface area contributed by atoms with Gasteiger partial charge in [0.05, 0.1) is 19.9 Å². The van der Waals surface area contributed by atoms with Gasteiger partial charge in [0.25, 0.3) is 0 Å². The SMILES string of the molecule is COc1cc(Oc2ccccc2OC)ccc1N. The summed E-state index contributed by atoms with van der Waals surface area (Å²) in [5, 5.41) is 0. The Kier molecular flexibility index (Phi) is 3.57. The minimum absolute atomic E-state index is 0.574. The molecule has 0 heterocycles. The van der Waals surface area contributed by atoms with E-state index in [-0.39, 0.29) is 0 Å². The lowest BCUT2D eigenvalue weighted by Crippen LogP contribution is -1.94. The van der Waals surface area contributed by atoms with E-state index < -0.39 is 0 Å². The highest BCUT2D eigenvalue weighted by atomic mass is 16.5. The van der Waals surface area contributed by atoms with Gasteiger partial charge in [-0.2, -0.15) is 0 Å². The third kappa shape index (κ3) is 2.48. The van der Waals surface area contributed by atoms with Crippen molar-refractivity contribution in [3.63, 3.8) is 0 Å². The zero-order valence-corrected chi connectivity index (χ0v) is 10.3. The molecule has 0 fully saturated rings. The number of hydrogen-bond donors (Lipinski definition) is 1. The molecule has 2 rings (SSSR count). The number of methoxy groups -OCH3 is 2. The minimum Gasteiger partial charge on any atom is -0.494 e. The first-order chi connectivity index (χ1) is 8.74. The van der Waals surface area contributed by atoms with E-state index in [9.17, 15) is 0 Å². The molecule has 0 spiro atoms. The molecule has 0 atom stereocenters. The highest BCUT2D eigenvalue weighted by Crippen LogP contribution is 2.34. The number of anilines is 1. The molecule has 0 aliphatic rings. The van der Waals surface area contributed by atoms with E-state index >= 15 is 0 Å². The molecular formula is C14H15NO3. The van der Waals surface area contributed by atoms with Crippen molar-refractivity contribution in [3.05, 3.63) is 42.5 Å². The molecule has 0 aliphatic carbocycles. The summed E-state index contributed by atoms with van der Waals surface area (Å²) >= 11 is 0. The molecule has 0 radical (unpaired) electrons. The van der Waals surface area contributed by atoms with Crippen molar-refractivity contribution >= 4 is 5.69 Å². The predicted molar refractivity (Wildman–Crippen MR) is 70.5 cm³/mol. The van der Waals surface area contributed by atoms with Gasteiger partial charge in [0.2, 0.25) is 0 Å². The third-order valence-corrected chi connectivity index (χ3v) is 2.50. The van der Waals surface area contributed by atoms with Crippen LogP contribution in [0.3, 0.4) is 0 Å². The molecule has 0 aliphatic heterocycles. The first kappa shape index (κ1) is 12.1. The number of nitrogens with two attached hydrogens (primary N) is 1. The summed E-state index contributed by atoms with van der Waals surface area (Å²) in [7, 11) is 3.17. The van der Waals surface area contributed by atoms with Crippen LogP contribution in [0.15, 0.2) is 42.5 Å². The van der Waals surface area contributed by atoms with Crippen molar-refractivity contribution in [3.8, 4) is 23.0 Å². The van der Waals surface area contributed by atoms with E-state index in [0.29, 0.717) is 28.7 Å². The number of ether oxygens (including phenoxy) is 3. The van der Waals surface area contributed by atoms with Crippen LogP contribution >= 0.6 is 0 Å². The Bertz CT molecular complexity index is 540. The fraction of sp³-hybridized carbons (Fsp3) is 0.143. The number of benzene rings is 2. The zero-order valence-electron chi connectivity index (χ0n) is 10.3. The molecule has 4 heteroatoms. The van der Waals surface area contributed by atoms with Gasteiger partial charge >= 0.3 is 0 Å². The summed E-state index contributed by atoms with van der Waals surface area (Å²) < 4.78 is 16.1. The molecule has 0 saturated heterocycles. The van der Waals surface area contributed by atoms with Crippen molar-refractivity contribution in [1.82, 2.24) is 0 Å². The zero-order chi connectivity index (χ0) is 13.0. The second kappa shape index (κ2) is 5.31. The van der Waals surface area contributed by atoms with Crippen LogP contribution in [-0.4, -0.2) is 14.2 Å². The maximum Gasteiger partial charge on any atom is 0.169 e. The van der Waals surface area contributed by atoms with Gasteiger partial charge in [-0.15, -0.1) is 0 Å². The van der Waals surface area contributed by atoms with Gasteiger partial charge in [-0.3, -0.25) is 0 Å². The smallest absolute Gasteiger partial charge is 0.169 e. The van der Waals surface area contributed by atoms with Crippen LogP contribution in [0.1, 0.15) is 0 Å². The van der Waals surface area contributed by atoms with Crippen molar-refractivity contribution in [2.45, 2.75) is 0 Å². The minimum atomic E-state index is 0.574. The Hall–Kier alpha value is -2.36. The third-order valence-electron chi connectivity index (χ3n) is 2.50. The fourth-order valence-corrected chi connectivity index (χ4v) is 1.59. The average molecular weight is 245 g/mol. The van der Waals surface area contributed by atoms with Gasteiger partial charge in [-0.25, -0.2) is 0 Å². The molecule has 0 aromatic heterocycles. The Morgan fingerprint density at radius 3 is 2.17 bits per heavy atom. The summed E-state index contributed by atoms with van der Waals surface area (Å²) in [5.74, 6) is 2.55. The van der Waals surface area contributed by atoms with E-state index in [1.54, 1.807) is 32.4 Å². The summed E-state index contributed by atoms with van der Waals surface area (Å²) in [4.78, 5) is 0. The first-order valence-corrected chi connectivity index (χ1v) is 5.49. The maximum atomic E-state index is 5.74. The lowest BCUT2D eigenvalue weighted by atomic mass is 10.2. The largest absolute Gasteiger partial charge is 0.494 e. The highest BCUT2D eigenvalue weighted by Gasteiger charge is 2.06. The molecule has 4 nitrogen and oxygen atoms in total. The van der Waals surface area contributed by atoms with Crippen LogP contribution in [0.2, 0.25) is 0 Å². The number of nitrogen functional groups attached to an aromatic ring is 1. The quantitative estimate of drug-likeness (QED) is 0.841. The summed E-state index contributed by atoms with van der Waals surface area (Å²) in [5.41, 5.74) is 6.32. The second-order valence-electron chi connectivity index (χ2n) is 3.66. The predicted octanol–water partition coefficient (Wildman–Crippen LogP) is 3.08. The van der Waals surface area contributed by atoms with E-state index in [2.05, 4.69) is 0 Å². The molecule has 0 bridgehead atoms. The van der Waals surface area contributed by atoms with Crippen molar-refractivity contribution in [1.29, 1.82) is 0 Å². The van der Waals surface area contributed by atoms with Crippen LogP contribution in [0.5, 0.6) is 23.0 Å². The maximum absolute atomic E-state index is 5.74. The normalized spacial score (nSPS) is 9.89.